The van der Waals surface area contributed by atoms with E-state index in [4.69, 9.17) is 14.2 Å². The fraction of sp³-hybridized carbons (Fsp3) is 0.929. The van der Waals surface area contributed by atoms with E-state index in [0.717, 1.165) is 6.42 Å². The van der Waals surface area contributed by atoms with Gasteiger partial charge in [0.05, 0.1) is 24.9 Å². The van der Waals surface area contributed by atoms with Crippen molar-refractivity contribution in [1.29, 1.82) is 0 Å². The smallest absolute Gasteiger partial charge is 0.335 e. The average molecular weight is 258 g/mol. The second-order valence-corrected chi connectivity index (χ2v) is 5.96. The summed E-state index contributed by atoms with van der Waals surface area (Å²) in [5.41, 5.74) is -0.213. The van der Waals surface area contributed by atoms with Gasteiger partial charge >= 0.3 is 5.97 Å². The van der Waals surface area contributed by atoms with Gasteiger partial charge in [0, 0.05) is 12.3 Å². The molecule has 0 radical (unpaired) electrons. The third-order valence-electron chi connectivity index (χ3n) is 3.33. The minimum absolute atomic E-state index is 0.0350. The van der Waals surface area contributed by atoms with Crippen LogP contribution in [0.5, 0.6) is 0 Å². The third kappa shape index (κ3) is 3.95. The number of esters is 1. The predicted molar refractivity (Wildman–Crippen MR) is 69.4 cm³/mol. The largest absolute Gasteiger partial charge is 0.467 e. The van der Waals surface area contributed by atoms with Crippen molar-refractivity contribution in [3.63, 3.8) is 0 Å². The zero-order valence-electron chi connectivity index (χ0n) is 12.4. The van der Waals surface area contributed by atoms with Gasteiger partial charge < -0.3 is 14.2 Å². The molecule has 1 aliphatic heterocycles. The molecule has 1 rings (SSSR count). The Morgan fingerprint density at radius 1 is 1.39 bits per heavy atom. The van der Waals surface area contributed by atoms with Crippen LogP contribution in [0.1, 0.15) is 47.5 Å². The SMILES string of the molecule is CC[C@H]1O[C@@H](C(=O)OC)C[C@@H](OC(C)(C)C)[C@H]1C. The zero-order chi connectivity index (χ0) is 13.9. The van der Waals surface area contributed by atoms with Crippen LogP contribution in [0.4, 0.5) is 0 Å². The molecule has 0 bridgehead atoms. The fourth-order valence-electron chi connectivity index (χ4n) is 2.42. The van der Waals surface area contributed by atoms with Crippen LogP contribution in [0.25, 0.3) is 0 Å². The third-order valence-corrected chi connectivity index (χ3v) is 3.33. The van der Waals surface area contributed by atoms with Gasteiger partial charge in [-0.25, -0.2) is 4.79 Å². The van der Waals surface area contributed by atoms with Crippen molar-refractivity contribution in [2.75, 3.05) is 7.11 Å². The zero-order valence-corrected chi connectivity index (χ0v) is 12.4. The number of hydrogen-bond acceptors (Lipinski definition) is 4. The molecule has 0 N–H and O–H groups in total. The summed E-state index contributed by atoms with van der Waals surface area (Å²) in [6.07, 6.45) is 1.03. The molecule has 0 unspecified atom stereocenters. The first-order valence-electron chi connectivity index (χ1n) is 6.69. The van der Waals surface area contributed by atoms with Gasteiger partial charge in [0.15, 0.2) is 6.10 Å². The lowest BCUT2D eigenvalue weighted by atomic mass is 9.88. The van der Waals surface area contributed by atoms with E-state index in [2.05, 4.69) is 13.8 Å². The van der Waals surface area contributed by atoms with Crippen LogP contribution >= 0.6 is 0 Å². The first-order valence-corrected chi connectivity index (χ1v) is 6.69. The first kappa shape index (κ1) is 15.4. The average Bonchev–Trinajstić information content (AvgIpc) is 2.29. The van der Waals surface area contributed by atoms with E-state index in [1.807, 2.05) is 20.8 Å². The highest BCUT2D eigenvalue weighted by molar-refractivity contribution is 5.74. The Morgan fingerprint density at radius 3 is 2.44 bits per heavy atom. The second kappa shape index (κ2) is 6.02. The standard InChI is InChI=1S/C14H26O4/c1-7-10-9(2)11(18-14(3,4)5)8-12(17-10)13(15)16-6/h9-12H,7-8H2,1-6H3/t9-,10+,11+,12+/m0/s1. The first-order chi connectivity index (χ1) is 8.28. The Hall–Kier alpha value is -0.610. The normalized spacial score (nSPS) is 33.2. The number of carbonyl (C=O) groups is 1. The van der Waals surface area contributed by atoms with Crippen molar-refractivity contribution >= 4 is 5.97 Å². The monoisotopic (exact) mass is 258 g/mol. The molecule has 18 heavy (non-hydrogen) atoms. The molecule has 4 nitrogen and oxygen atoms in total. The van der Waals surface area contributed by atoms with Crippen LogP contribution in [-0.2, 0) is 19.0 Å². The molecule has 0 aromatic carbocycles. The minimum Gasteiger partial charge on any atom is -0.467 e. The number of hydrogen-bond donors (Lipinski definition) is 0. The van der Waals surface area contributed by atoms with Gasteiger partial charge in [-0.15, -0.1) is 0 Å². The number of ether oxygens (including phenoxy) is 3. The Labute approximate surface area is 110 Å². The highest BCUT2D eigenvalue weighted by Crippen LogP contribution is 2.32. The van der Waals surface area contributed by atoms with E-state index >= 15 is 0 Å². The lowest BCUT2D eigenvalue weighted by molar-refractivity contribution is -0.197. The van der Waals surface area contributed by atoms with Gasteiger partial charge in [0.2, 0.25) is 0 Å². The number of methoxy groups -OCH3 is 1. The maximum atomic E-state index is 11.6. The number of rotatable bonds is 3. The maximum Gasteiger partial charge on any atom is 0.335 e. The summed E-state index contributed by atoms with van der Waals surface area (Å²) in [6.45, 7) is 10.3. The van der Waals surface area contributed by atoms with Crippen LogP contribution in [-0.4, -0.2) is 37.0 Å². The molecule has 0 aromatic rings. The molecular formula is C14H26O4. The highest BCUT2D eigenvalue weighted by Gasteiger charge is 2.40. The molecule has 0 aliphatic carbocycles. The van der Waals surface area contributed by atoms with E-state index in [1.165, 1.54) is 7.11 Å². The van der Waals surface area contributed by atoms with E-state index in [9.17, 15) is 4.79 Å². The molecule has 1 aliphatic rings. The van der Waals surface area contributed by atoms with E-state index < -0.39 is 6.10 Å². The van der Waals surface area contributed by atoms with Gasteiger partial charge in [-0.1, -0.05) is 13.8 Å². The summed E-state index contributed by atoms with van der Waals surface area (Å²) in [7, 11) is 1.39. The molecule has 1 saturated heterocycles. The minimum atomic E-state index is -0.497. The van der Waals surface area contributed by atoms with Crippen LogP contribution in [0.3, 0.4) is 0 Å². The summed E-state index contributed by atoms with van der Waals surface area (Å²) in [5.74, 6) is -0.0157. The predicted octanol–water partition coefficient (Wildman–Crippen LogP) is 2.55. The van der Waals surface area contributed by atoms with Crippen molar-refractivity contribution in [1.82, 2.24) is 0 Å². The molecule has 4 heteroatoms. The molecular weight excluding hydrogens is 232 g/mol. The van der Waals surface area contributed by atoms with Crippen molar-refractivity contribution in [3.05, 3.63) is 0 Å². The summed E-state index contributed by atoms with van der Waals surface area (Å²) in [4.78, 5) is 11.6. The summed E-state index contributed by atoms with van der Waals surface area (Å²) in [6, 6.07) is 0. The van der Waals surface area contributed by atoms with E-state index in [-0.39, 0.29) is 29.7 Å². The van der Waals surface area contributed by atoms with E-state index in [0.29, 0.717) is 6.42 Å². The van der Waals surface area contributed by atoms with Gasteiger partial charge in [-0.05, 0) is 27.2 Å². The molecule has 4 atom stereocenters. The molecule has 0 amide bonds. The number of carbonyl (C=O) groups excluding carboxylic acids is 1. The van der Waals surface area contributed by atoms with Gasteiger partial charge in [0.1, 0.15) is 0 Å². The summed E-state index contributed by atoms with van der Waals surface area (Å²) >= 11 is 0. The lowest BCUT2D eigenvalue weighted by Gasteiger charge is -2.41. The molecule has 1 fully saturated rings. The molecule has 1 heterocycles. The van der Waals surface area contributed by atoms with Crippen molar-refractivity contribution < 1.29 is 19.0 Å². The molecule has 0 spiro atoms. The van der Waals surface area contributed by atoms with Crippen molar-refractivity contribution in [3.8, 4) is 0 Å². The van der Waals surface area contributed by atoms with E-state index in [1.54, 1.807) is 0 Å². The Bertz CT molecular complexity index is 282. The van der Waals surface area contributed by atoms with Crippen LogP contribution in [0.15, 0.2) is 0 Å². The fourth-order valence-corrected chi connectivity index (χ4v) is 2.42. The maximum absolute atomic E-state index is 11.6. The van der Waals surface area contributed by atoms with Crippen molar-refractivity contribution in [2.24, 2.45) is 5.92 Å². The molecule has 0 aromatic heterocycles. The van der Waals surface area contributed by atoms with Gasteiger partial charge in [-0.2, -0.15) is 0 Å². The topological polar surface area (TPSA) is 44.8 Å². The Kier molecular flexibility index (Phi) is 5.17. The molecule has 106 valence electrons. The Morgan fingerprint density at radius 2 is 2.00 bits per heavy atom. The van der Waals surface area contributed by atoms with Gasteiger partial charge in [0.25, 0.3) is 0 Å². The summed E-state index contributed by atoms with van der Waals surface area (Å²) in [5, 5.41) is 0. The van der Waals surface area contributed by atoms with Gasteiger partial charge in [-0.3, -0.25) is 0 Å². The Balaban J connectivity index is 2.77. The quantitative estimate of drug-likeness (QED) is 0.730. The summed E-state index contributed by atoms with van der Waals surface area (Å²) < 4.78 is 16.6. The van der Waals surface area contributed by atoms with Crippen LogP contribution in [0.2, 0.25) is 0 Å². The van der Waals surface area contributed by atoms with Crippen LogP contribution in [0, 0.1) is 5.92 Å². The second-order valence-electron chi connectivity index (χ2n) is 5.96. The van der Waals surface area contributed by atoms with Crippen LogP contribution < -0.4 is 0 Å². The highest BCUT2D eigenvalue weighted by atomic mass is 16.6. The lowest BCUT2D eigenvalue weighted by Crippen LogP contribution is -2.49. The van der Waals surface area contributed by atoms with Crippen molar-refractivity contribution in [2.45, 2.75) is 71.4 Å². The molecule has 0 saturated carbocycles.